The van der Waals surface area contributed by atoms with E-state index in [2.05, 4.69) is 14.9 Å². The largest absolute Gasteiger partial charge is 0.755 e. The number of aromatic amines is 1. The molecular weight excluding hydrogens is 190 g/mol. The average Bonchev–Trinajstić information content (AvgIpc) is 2.49. The van der Waals surface area contributed by atoms with Gasteiger partial charge in [-0.1, -0.05) is 0 Å². The van der Waals surface area contributed by atoms with Crippen molar-refractivity contribution in [1.82, 2.24) is 10.2 Å². The highest BCUT2D eigenvalue weighted by Gasteiger charge is 1.96. The number of benzene rings is 1. The van der Waals surface area contributed by atoms with Crippen molar-refractivity contribution in [1.29, 1.82) is 0 Å². The molecule has 1 unspecified atom stereocenters. The minimum absolute atomic E-state index is 0.530. The van der Waals surface area contributed by atoms with Crippen LogP contribution in [0.15, 0.2) is 24.4 Å². The van der Waals surface area contributed by atoms with E-state index in [0.29, 0.717) is 5.69 Å². The maximum absolute atomic E-state index is 10.3. The summed E-state index contributed by atoms with van der Waals surface area (Å²) in [5, 5.41) is 7.45. The summed E-state index contributed by atoms with van der Waals surface area (Å²) < 4.78 is 22.9. The van der Waals surface area contributed by atoms with Crippen molar-refractivity contribution in [3.8, 4) is 0 Å². The monoisotopic (exact) mass is 196 g/mol. The maximum Gasteiger partial charge on any atom is 0.0651 e. The van der Waals surface area contributed by atoms with E-state index >= 15 is 0 Å². The predicted octanol–water partition coefficient (Wildman–Crippen LogP) is 0.769. The molecule has 68 valence electrons. The number of hydrogen-bond donors (Lipinski definition) is 2. The van der Waals surface area contributed by atoms with Gasteiger partial charge in [0.05, 0.1) is 11.7 Å². The van der Waals surface area contributed by atoms with E-state index in [1.807, 2.05) is 0 Å². The van der Waals surface area contributed by atoms with Crippen LogP contribution in [0.2, 0.25) is 0 Å². The molecule has 1 aromatic carbocycles. The fraction of sp³-hybridized carbons (Fsp3) is 0. The van der Waals surface area contributed by atoms with Crippen LogP contribution in [0.4, 0.5) is 5.69 Å². The van der Waals surface area contributed by atoms with Crippen LogP contribution in [0.3, 0.4) is 0 Å². The third-order valence-electron chi connectivity index (χ3n) is 1.64. The van der Waals surface area contributed by atoms with Crippen molar-refractivity contribution in [3.63, 3.8) is 0 Å². The lowest BCUT2D eigenvalue weighted by Gasteiger charge is -2.07. The lowest BCUT2D eigenvalue weighted by molar-refractivity contribution is 0.542. The summed E-state index contributed by atoms with van der Waals surface area (Å²) in [7, 11) is 0. The number of fused-ring (bicyclic) bond motifs is 1. The molecule has 2 aromatic rings. The van der Waals surface area contributed by atoms with E-state index in [1.54, 1.807) is 24.4 Å². The van der Waals surface area contributed by atoms with Gasteiger partial charge in [0.2, 0.25) is 0 Å². The Morgan fingerprint density at radius 3 is 3.15 bits per heavy atom. The lowest BCUT2D eigenvalue weighted by Crippen LogP contribution is -2.01. The zero-order chi connectivity index (χ0) is 9.26. The highest BCUT2D eigenvalue weighted by atomic mass is 32.2. The number of anilines is 1. The molecule has 0 aliphatic carbocycles. The minimum Gasteiger partial charge on any atom is -0.755 e. The molecular formula is C7H6N3O2S-. The Bertz CT molecular complexity index is 454. The Balaban J connectivity index is 2.42. The number of rotatable bonds is 2. The zero-order valence-electron chi connectivity index (χ0n) is 6.48. The molecule has 13 heavy (non-hydrogen) atoms. The summed E-state index contributed by atoms with van der Waals surface area (Å²) in [6.07, 6.45) is 1.63. The molecule has 0 aliphatic heterocycles. The molecule has 0 radical (unpaired) electrons. The van der Waals surface area contributed by atoms with Gasteiger partial charge in [0, 0.05) is 22.3 Å². The fourth-order valence-electron chi connectivity index (χ4n) is 1.10. The van der Waals surface area contributed by atoms with E-state index in [-0.39, 0.29) is 0 Å². The second kappa shape index (κ2) is 3.15. The molecule has 5 nitrogen and oxygen atoms in total. The van der Waals surface area contributed by atoms with E-state index in [1.165, 1.54) is 0 Å². The molecule has 1 heterocycles. The average molecular weight is 196 g/mol. The first-order valence-corrected chi connectivity index (χ1v) is 4.62. The molecule has 1 aromatic heterocycles. The Morgan fingerprint density at radius 1 is 1.54 bits per heavy atom. The van der Waals surface area contributed by atoms with Gasteiger partial charge < -0.3 is 9.27 Å². The van der Waals surface area contributed by atoms with Gasteiger partial charge in [-0.25, -0.2) is 0 Å². The van der Waals surface area contributed by atoms with Crippen molar-refractivity contribution in [3.05, 3.63) is 24.4 Å². The van der Waals surface area contributed by atoms with Gasteiger partial charge in [-0.15, -0.1) is 0 Å². The topological polar surface area (TPSA) is 80.8 Å². The third-order valence-corrected chi connectivity index (χ3v) is 2.04. The molecule has 0 saturated carbocycles. The number of aromatic nitrogens is 2. The summed E-state index contributed by atoms with van der Waals surface area (Å²) in [5.74, 6) is 0. The quantitative estimate of drug-likeness (QED) is 0.696. The molecule has 2 rings (SSSR count). The number of nitrogens with one attached hydrogen (secondary N) is 2. The Morgan fingerprint density at radius 2 is 2.38 bits per heavy atom. The van der Waals surface area contributed by atoms with Crippen LogP contribution in [0, 0.1) is 0 Å². The summed E-state index contributed by atoms with van der Waals surface area (Å²) in [5.41, 5.74) is 1.41. The van der Waals surface area contributed by atoms with Gasteiger partial charge in [0.25, 0.3) is 0 Å². The maximum atomic E-state index is 10.3. The Kier molecular flexibility index (Phi) is 1.99. The summed E-state index contributed by atoms with van der Waals surface area (Å²) in [4.78, 5) is 0. The Hall–Kier alpha value is -1.40. The normalized spacial score (nSPS) is 13.0. The molecule has 2 N–H and O–H groups in total. The standard InChI is InChI=1S/C7H7N3O2S/c11-13(12)10-6-1-2-7-5(3-6)4-8-9-7/h1-4,10H,(H,8,9)(H,11,12)/p-1. The van der Waals surface area contributed by atoms with Crippen molar-refractivity contribution in [2.24, 2.45) is 0 Å². The first-order valence-electron chi connectivity index (χ1n) is 3.55. The highest BCUT2D eigenvalue weighted by molar-refractivity contribution is 7.80. The number of hydrogen-bond acceptors (Lipinski definition) is 3. The smallest absolute Gasteiger partial charge is 0.0651 e. The van der Waals surface area contributed by atoms with Gasteiger partial charge in [0.15, 0.2) is 0 Å². The van der Waals surface area contributed by atoms with Crippen LogP contribution in [-0.4, -0.2) is 19.0 Å². The predicted molar refractivity (Wildman–Crippen MR) is 48.6 cm³/mol. The number of H-pyrrole nitrogens is 1. The molecule has 0 amide bonds. The SMILES string of the molecule is O=S([O-])Nc1ccc2[nH]ncc2c1. The van der Waals surface area contributed by atoms with Crippen LogP contribution in [0.1, 0.15) is 0 Å². The van der Waals surface area contributed by atoms with Crippen molar-refractivity contribution in [2.75, 3.05) is 4.72 Å². The molecule has 0 saturated heterocycles. The van der Waals surface area contributed by atoms with E-state index < -0.39 is 11.3 Å². The fourth-order valence-corrected chi connectivity index (χ4v) is 1.42. The third kappa shape index (κ3) is 1.68. The summed E-state index contributed by atoms with van der Waals surface area (Å²) >= 11 is -2.28. The van der Waals surface area contributed by atoms with E-state index in [0.717, 1.165) is 10.9 Å². The van der Waals surface area contributed by atoms with Gasteiger partial charge in [-0.3, -0.25) is 9.31 Å². The molecule has 1 atom stereocenters. The summed E-state index contributed by atoms with van der Waals surface area (Å²) in [6, 6.07) is 5.13. The van der Waals surface area contributed by atoms with E-state index in [4.69, 9.17) is 0 Å². The van der Waals surface area contributed by atoms with E-state index in [9.17, 15) is 8.76 Å². The van der Waals surface area contributed by atoms with Crippen LogP contribution in [0.5, 0.6) is 0 Å². The first kappa shape index (κ1) is 8.21. The van der Waals surface area contributed by atoms with Crippen LogP contribution in [-0.2, 0) is 11.3 Å². The molecule has 0 fully saturated rings. The van der Waals surface area contributed by atoms with Gasteiger partial charge in [-0.2, -0.15) is 5.10 Å². The Labute approximate surface area is 76.6 Å². The highest BCUT2D eigenvalue weighted by Crippen LogP contribution is 2.16. The lowest BCUT2D eigenvalue weighted by atomic mass is 10.2. The number of nitrogens with zero attached hydrogens (tertiary/aromatic N) is 1. The van der Waals surface area contributed by atoms with Gasteiger partial charge in [-0.05, 0) is 18.2 Å². The first-order chi connectivity index (χ1) is 6.25. The van der Waals surface area contributed by atoms with Crippen molar-refractivity contribution >= 4 is 27.9 Å². The van der Waals surface area contributed by atoms with Crippen LogP contribution < -0.4 is 4.72 Å². The van der Waals surface area contributed by atoms with Crippen molar-refractivity contribution < 1.29 is 8.76 Å². The molecule has 6 heteroatoms. The second-order valence-corrected chi connectivity index (χ2v) is 3.18. The zero-order valence-corrected chi connectivity index (χ0v) is 7.30. The molecule has 0 bridgehead atoms. The van der Waals surface area contributed by atoms with Crippen LogP contribution in [0.25, 0.3) is 10.9 Å². The second-order valence-electron chi connectivity index (χ2n) is 2.51. The molecule has 0 aliphatic rings. The van der Waals surface area contributed by atoms with Crippen molar-refractivity contribution in [2.45, 2.75) is 0 Å². The van der Waals surface area contributed by atoms with Gasteiger partial charge >= 0.3 is 0 Å². The molecule has 0 spiro atoms. The van der Waals surface area contributed by atoms with Crippen LogP contribution >= 0.6 is 0 Å². The minimum atomic E-state index is -2.28. The summed E-state index contributed by atoms with van der Waals surface area (Å²) in [6.45, 7) is 0. The van der Waals surface area contributed by atoms with Gasteiger partial charge in [0.1, 0.15) is 0 Å².